The molecule has 4 atom stereocenters. The van der Waals surface area contributed by atoms with Crippen LogP contribution in [0, 0.1) is 24.7 Å². The number of aryl methyl sites for hydroxylation is 1. The molecule has 6 nitrogen and oxygen atoms in total. The molecule has 1 aliphatic carbocycles. The van der Waals surface area contributed by atoms with Gasteiger partial charge in [-0.2, -0.15) is 0 Å². The third kappa shape index (κ3) is 5.25. The average Bonchev–Trinajstić information content (AvgIpc) is 3.06. The molecule has 1 saturated heterocycles. The number of aliphatic hydroxyl groups excluding tert-OH is 1. The maximum absolute atomic E-state index is 12.7. The molecular formula is C22H34N2O4. The zero-order chi connectivity index (χ0) is 20.7. The molecule has 0 spiro atoms. The van der Waals surface area contributed by atoms with E-state index in [1.807, 2.05) is 70.7 Å². The highest BCUT2D eigenvalue weighted by Gasteiger charge is 2.60. The summed E-state index contributed by atoms with van der Waals surface area (Å²) in [7, 11) is 0. The minimum Gasteiger partial charge on any atom is -0.491 e. The number of amides is 1. The van der Waals surface area contributed by atoms with Crippen molar-refractivity contribution in [2.24, 2.45) is 17.8 Å². The molecule has 6 heteroatoms. The van der Waals surface area contributed by atoms with E-state index in [1.165, 1.54) is 0 Å². The third-order valence-corrected chi connectivity index (χ3v) is 5.35. The lowest BCUT2D eigenvalue weighted by Gasteiger charge is -2.31. The van der Waals surface area contributed by atoms with Crippen LogP contribution in [-0.2, 0) is 9.53 Å². The molecule has 2 fully saturated rings. The molecule has 2 aliphatic rings. The predicted octanol–water partition coefficient (Wildman–Crippen LogP) is 2.54. The van der Waals surface area contributed by atoms with E-state index in [1.54, 1.807) is 0 Å². The van der Waals surface area contributed by atoms with Gasteiger partial charge in [-0.25, -0.2) is 0 Å². The van der Waals surface area contributed by atoms with Crippen LogP contribution in [-0.4, -0.2) is 53.2 Å². The van der Waals surface area contributed by atoms with Crippen LogP contribution >= 0.6 is 0 Å². The van der Waals surface area contributed by atoms with Crippen LogP contribution in [0.4, 0.5) is 0 Å². The number of aliphatic hydroxyl groups is 1. The fraction of sp³-hybridized carbons (Fsp3) is 0.682. The van der Waals surface area contributed by atoms with Gasteiger partial charge in [0.25, 0.3) is 0 Å². The smallest absolute Gasteiger partial charge is 0.224 e. The molecule has 0 bridgehead atoms. The van der Waals surface area contributed by atoms with Crippen molar-refractivity contribution in [3.63, 3.8) is 0 Å². The van der Waals surface area contributed by atoms with Gasteiger partial charge in [0.1, 0.15) is 12.4 Å². The summed E-state index contributed by atoms with van der Waals surface area (Å²) in [5.74, 6) is 1.52. The van der Waals surface area contributed by atoms with Crippen LogP contribution in [0.5, 0.6) is 5.75 Å². The number of likely N-dealkylation sites (tertiary alicyclic amines) is 1. The Morgan fingerprint density at radius 2 is 1.89 bits per heavy atom. The molecule has 2 N–H and O–H groups in total. The topological polar surface area (TPSA) is 71.0 Å². The van der Waals surface area contributed by atoms with Crippen molar-refractivity contribution in [3.05, 3.63) is 29.8 Å². The minimum atomic E-state index is -0.907. The van der Waals surface area contributed by atoms with Gasteiger partial charge < -0.3 is 19.9 Å². The van der Waals surface area contributed by atoms with E-state index in [9.17, 15) is 9.90 Å². The first-order valence-electron chi connectivity index (χ1n) is 10.1. The highest BCUT2D eigenvalue weighted by molar-refractivity contribution is 5.83. The second-order valence-electron chi connectivity index (χ2n) is 9.84. The van der Waals surface area contributed by atoms with Crippen LogP contribution < -0.4 is 10.1 Å². The SMILES string of the molecule is Cc1cccc(OCC(C)(C)NC(=O)C2[C@H]3CN(C(O)OC(C)(C)C)C[C@@H]23)c1. The van der Waals surface area contributed by atoms with E-state index in [2.05, 4.69) is 5.32 Å². The highest BCUT2D eigenvalue weighted by atomic mass is 16.6. The lowest BCUT2D eigenvalue weighted by atomic mass is 10.1. The largest absolute Gasteiger partial charge is 0.491 e. The second kappa shape index (κ2) is 7.65. The summed E-state index contributed by atoms with van der Waals surface area (Å²) < 4.78 is 11.5. The van der Waals surface area contributed by atoms with Crippen LogP contribution in [0.25, 0.3) is 0 Å². The monoisotopic (exact) mass is 390 g/mol. The van der Waals surface area contributed by atoms with Gasteiger partial charge in [-0.3, -0.25) is 9.69 Å². The Bertz CT molecular complexity index is 701. The number of hydrogen-bond acceptors (Lipinski definition) is 5. The molecule has 1 aromatic rings. The summed E-state index contributed by atoms with van der Waals surface area (Å²) in [5, 5.41) is 13.4. The molecule has 1 saturated carbocycles. The standard InChI is InChI=1S/C22H34N2O4/c1-14-8-7-9-15(10-14)27-13-22(5,6)23-19(25)18-16-11-24(12-17(16)18)20(26)28-21(2,3)4/h7-10,16-18,20,26H,11-13H2,1-6H3,(H,23,25)/t16-,17+,18?,20?. The van der Waals surface area contributed by atoms with Crippen molar-refractivity contribution in [1.82, 2.24) is 10.2 Å². The van der Waals surface area contributed by atoms with Gasteiger partial charge >= 0.3 is 0 Å². The van der Waals surface area contributed by atoms with Crippen molar-refractivity contribution in [3.8, 4) is 5.75 Å². The number of fused-ring (bicyclic) bond motifs is 1. The first kappa shape index (κ1) is 21.1. The molecule has 1 aromatic carbocycles. The van der Waals surface area contributed by atoms with Crippen LogP contribution in [0.3, 0.4) is 0 Å². The molecule has 2 unspecified atom stereocenters. The maximum Gasteiger partial charge on any atom is 0.224 e. The molecule has 3 rings (SSSR count). The highest BCUT2D eigenvalue weighted by Crippen LogP contribution is 2.52. The van der Waals surface area contributed by atoms with Crippen LogP contribution in [0.15, 0.2) is 24.3 Å². The van der Waals surface area contributed by atoms with Gasteiger partial charge in [0.15, 0.2) is 0 Å². The van der Waals surface area contributed by atoms with Crippen molar-refractivity contribution < 1.29 is 19.4 Å². The molecule has 1 amide bonds. The third-order valence-electron chi connectivity index (χ3n) is 5.35. The second-order valence-corrected chi connectivity index (χ2v) is 9.84. The average molecular weight is 391 g/mol. The number of piperidine rings is 1. The van der Waals surface area contributed by atoms with Crippen molar-refractivity contribution >= 4 is 5.91 Å². The number of hydrogen-bond donors (Lipinski definition) is 2. The summed E-state index contributed by atoms with van der Waals surface area (Å²) in [6, 6.07) is 7.90. The fourth-order valence-corrected chi connectivity index (χ4v) is 3.94. The minimum absolute atomic E-state index is 0.0244. The number of carbonyl (C=O) groups excluding carboxylic acids is 1. The first-order chi connectivity index (χ1) is 13.0. The molecule has 0 aromatic heterocycles. The normalized spacial score (nSPS) is 25.9. The summed E-state index contributed by atoms with van der Waals surface area (Å²) in [4.78, 5) is 14.6. The molecule has 1 aliphatic heterocycles. The first-order valence-corrected chi connectivity index (χ1v) is 10.1. The summed E-state index contributed by atoms with van der Waals surface area (Å²) in [6.07, 6.45) is -0.907. The van der Waals surface area contributed by atoms with Crippen molar-refractivity contribution in [2.75, 3.05) is 19.7 Å². The Balaban J connectivity index is 1.45. The molecule has 1 heterocycles. The van der Waals surface area contributed by atoms with E-state index in [-0.39, 0.29) is 11.8 Å². The quantitative estimate of drug-likeness (QED) is 0.700. The lowest BCUT2D eigenvalue weighted by molar-refractivity contribution is -0.236. The number of ether oxygens (including phenoxy) is 2. The number of carbonyl (C=O) groups is 1. The zero-order valence-electron chi connectivity index (χ0n) is 17.9. The maximum atomic E-state index is 12.7. The predicted molar refractivity (Wildman–Crippen MR) is 108 cm³/mol. The van der Waals surface area contributed by atoms with Crippen LogP contribution in [0.1, 0.15) is 40.2 Å². The van der Waals surface area contributed by atoms with E-state index < -0.39 is 17.6 Å². The van der Waals surface area contributed by atoms with Gasteiger partial charge in [0.2, 0.25) is 12.3 Å². The van der Waals surface area contributed by atoms with Gasteiger partial charge in [0.05, 0.1) is 11.1 Å². The number of nitrogens with zero attached hydrogens (tertiary/aromatic N) is 1. The Labute approximate surface area is 168 Å². The number of nitrogens with one attached hydrogen (secondary N) is 1. The Hall–Kier alpha value is -1.63. The zero-order valence-corrected chi connectivity index (χ0v) is 17.9. The van der Waals surface area contributed by atoms with Gasteiger partial charge in [0, 0.05) is 19.0 Å². The molecule has 156 valence electrons. The van der Waals surface area contributed by atoms with Crippen molar-refractivity contribution in [1.29, 1.82) is 0 Å². The van der Waals surface area contributed by atoms with Crippen molar-refractivity contribution in [2.45, 2.75) is 59.1 Å². The molecular weight excluding hydrogens is 356 g/mol. The summed E-state index contributed by atoms with van der Waals surface area (Å²) in [6.45, 7) is 13.5. The van der Waals surface area contributed by atoms with Gasteiger partial charge in [-0.05, 0) is 71.1 Å². The Morgan fingerprint density at radius 1 is 1.25 bits per heavy atom. The van der Waals surface area contributed by atoms with Crippen LogP contribution in [0.2, 0.25) is 0 Å². The summed E-state index contributed by atoms with van der Waals surface area (Å²) >= 11 is 0. The fourth-order valence-electron chi connectivity index (χ4n) is 3.94. The van der Waals surface area contributed by atoms with E-state index >= 15 is 0 Å². The van der Waals surface area contributed by atoms with Gasteiger partial charge in [-0.15, -0.1) is 0 Å². The number of benzene rings is 1. The van der Waals surface area contributed by atoms with E-state index in [4.69, 9.17) is 9.47 Å². The van der Waals surface area contributed by atoms with E-state index in [0.29, 0.717) is 31.5 Å². The summed E-state index contributed by atoms with van der Waals surface area (Å²) in [5.41, 5.74) is 0.295. The number of rotatable bonds is 7. The lowest BCUT2D eigenvalue weighted by Crippen LogP contribution is -2.49. The van der Waals surface area contributed by atoms with E-state index in [0.717, 1.165) is 11.3 Å². The Morgan fingerprint density at radius 3 is 2.46 bits per heavy atom. The van der Waals surface area contributed by atoms with Gasteiger partial charge in [-0.1, -0.05) is 12.1 Å². The Kier molecular flexibility index (Phi) is 5.76. The molecule has 0 radical (unpaired) electrons. The molecule has 28 heavy (non-hydrogen) atoms.